The molecule has 2 N–H and O–H groups in total. The highest BCUT2D eigenvalue weighted by molar-refractivity contribution is 6.33. The lowest BCUT2D eigenvalue weighted by Crippen LogP contribution is -2.10. The number of hydrogen-bond donors (Lipinski definition) is 1. The third-order valence-corrected chi connectivity index (χ3v) is 5.16. The van der Waals surface area contributed by atoms with E-state index in [1.54, 1.807) is 18.2 Å². The molecule has 0 fully saturated rings. The Morgan fingerprint density at radius 3 is 2.64 bits per heavy atom. The number of benzene rings is 3. The fraction of sp³-hybridized carbons (Fsp3) is 0.190. The van der Waals surface area contributed by atoms with Gasteiger partial charge in [0.2, 0.25) is 0 Å². The van der Waals surface area contributed by atoms with Crippen molar-refractivity contribution < 1.29 is 9.53 Å². The summed E-state index contributed by atoms with van der Waals surface area (Å²) in [6.45, 7) is 1.89. The second-order valence-electron chi connectivity index (χ2n) is 6.44. The van der Waals surface area contributed by atoms with Crippen LogP contribution in [0.25, 0.3) is 10.8 Å². The molecule has 0 aromatic heterocycles. The summed E-state index contributed by atoms with van der Waals surface area (Å²) in [6, 6.07) is 15.4. The Balaban J connectivity index is 1.67. The Morgan fingerprint density at radius 2 is 1.88 bits per heavy atom. The summed E-state index contributed by atoms with van der Waals surface area (Å²) in [6.07, 6.45) is 1.78. The van der Waals surface area contributed by atoms with Crippen LogP contribution in [-0.2, 0) is 17.6 Å². The van der Waals surface area contributed by atoms with Crippen molar-refractivity contribution in [3.8, 4) is 0 Å². The molecule has 1 aliphatic carbocycles. The van der Waals surface area contributed by atoms with Crippen LogP contribution in [0, 0.1) is 0 Å². The predicted molar refractivity (Wildman–Crippen MR) is 101 cm³/mol. The third kappa shape index (κ3) is 2.75. The number of halogens is 1. The molecule has 25 heavy (non-hydrogen) atoms. The van der Waals surface area contributed by atoms with Crippen LogP contribution >= 0.6 is 11.6 Å². The number of rotatable bonds is 3. The quantitative estimate of drug-likeness (QED) is 0.528. The molecule has 0 heterocycles. The van der Waals surface area contributed by atoms with Crippen LogP contribution in [0.15, 0.2) is 48.5 Å². The summed E-state index contributed by atoms with van der Waals surface area (Å²) < 4.78 is 5.69. The van der Waals surface area contributed by atoms with Crippen molar-refractivity contribution in [2.75, 3.05) is 5.73 Å². The van der Waals surface area contributed by atoms with Crippen molar-refractivity contribution in [1.82, 2.24) is 0 Å². The van der Waals surface area contributed by atoms with Crippen molar-refractivity contribution in [1.29, 1.82) is 0 Å². The monoisotopic (exact) mass is 351 g/mol. The van der Waals surface area contributed by atoms with Crippen LogP contribution in [-0.4, -0.2) is 5.97 Å². The highest BCUT2D eigenvalue weighted by Gasteiger charge is 2.21. The molecular formula is C21H18ClNO2. The average Bonchev–Trinajstić information content (AvgIpc) is 3.00. The highest BCUT2D eigenvalue weighted by atomic mass is 35.5. The van der Waals surface area contributed by atoms with Gasteiger partial charge in [0.1, 0.15) is 6.10 Å². The van der Waals surface area contributed by atoms with Gasteiger partial charge in [-0.2, -0.15) is 0 Å². The molecule has 3 aromatic rings. The molecule has 0 aliphatic heterocycles. The first kappa shape index (κ1) is 16.0. The van der Waals surface area contributed by atoms with E-state index in [-0.39, 0.29) is 6.10 Å². The lowest BCUT2D eigenvalue weighted by molar-refractivity contribution is 0.0341. The molecule has 3 nitrogen and oxygen atoms in total. The van der Waals surface area contributed by atoms with Gasteiger partial charge in [-0.15, -0.1) is 0 Å². The Hall–Kier alpha value is -2.52. The zero-order valence-corrected chi connectivity index (χ0v) is 14.6. The first-order valence-electron chi connectivity index (χ1n) is 8.34. The summed E-state index contributed by atoms with van der Waals surface area (Å²) >= 11 is 6.12. The molecule has 0 radical (unpaired) electrons. The number of anilines is 1. The topological polar surface area (TPSA) is 52.3 Å². The standard InChI is InChI=1S/C21H18ClNO2/c1-12(25-21(24)18-10-8-15(23)11-19(18)22)16-9-7-14-6-5-13-3-2-4-17(16)20(13)14/h2-4,7-12H,5-6,23H2,1H3. The number of carbonyl (C=O) groups is 1. The fourth-order valence-corrected chi connectivity index (χ4v) is 3.87. The summed E-state index contributed by atoms with van der Waals surface area (Å²) in [5.41, 5.74) is 10.3. The van der Waals surface area contributed by atoms with Crippen LogP contribution in [0.1, 0.15) is 40.1 Å². The summed E-state index contributed by atoms with van der Waals surface area (Å²) in [5, 5.41) is 2.78. The number of hydrogen-bond acceptors (Lipinski definition) is 3. The van der Waals surface area contributed by atoms with E-state index in [0.717, 1.165) is 23.8 Å². The van der Waals surface area contributed by atoms with Crippen LogP contribution in [0.3, 0.4) is 0 Å². The first-order chi connectivity index (χ1) is 12.0. The summed E-state index contributed by atoms with van der Waals surface area (Å²) in [7, 11) is 0. The highest BCUT2D eigenvalue weighted by Crippen LogP contribution is 2.36. The van der Waals surface area contributed by atoms with E-state index >= 15 is 0 Å². The van der Waals surface area contributed by atoms with Gasteiger partial charge in [-0.25, -0.2) is 4.79 Å². The number of ether oxygens (including phenoxy) is 1. The molecule has 0 saturated carbocycles. The second kappa shape index (κ2) is 6.08. The second-order valence-corrected chi connectivity index (χ2v) is 6.85. The number of esters is 1. The van der Waals surface area contributed by atoms with Gasteiger partial charge >= 0.3 is 5.97 Å². The molecule has 1 atom stereocenters. The number of nitrogens with two attached hydrogens (primary N) is 1. The summed E-state index contributed by atoms with van der Waals surface area (Å²) in [5.74, 6) is -0.444. The molecule has 0 saturated heterocycles. The average molecular weight is 352 g/mol. The zero-order valence-electron chi connectivity index (χ0n) is 13.9. The van der Waals surface area contributed by atoms with Gasteiger partial charge in [0.25, 0.3) is 0 Å². The SMILES string of the molecule is CC(OC(=O)c1ccc(N)cc1Cl)c1ccc2c3c(cccc13)CC2. The van der Waals surface area contributed by atoms with E-state index < -0.39 is 5.97 Å². The number of carbonyl (C=O) groups excluding carboxylic acids is 1. The molecule has 4 heteroatoms. The maximum Gasteiger partial charge on any atom is 0.340 e. The fourth-order valence-electron chi connectivity index (χ4n) is 3.61. The molecule has 1 aliphatic rings. The number of aryl methyl sites for hydroxylation is 2. The number of nitrogen functional groups attached to an aromatic ring is 1. The Morgan fingerprint density at radius 1 is 1.12 bits per heavy atom. The minimum Gasteiger partial charge on any atom is -0.454 e. The molecule has 0 amide bonds. The smallest absolute Gasteiger partial charge is 0.340 e. The lowest BCUT2D eigenvalue weighted by atomic mass is 9.97. The zero-order chi connectivity index (χ0) is 17.6. The molecule has 4 rings (SSSR count). The van der Waals surface area contributed by atoms with E-state index in [4.69, 9.17) is 22.1 Å². The Kier molecular flexibility index (Phi) is 3.89. The normalized spacial score (nSPS) is 13.8. The van der Waals surface area contributed by atoms with E-state index in [0.29, 0.717) is 16.3 Å². The van der Waals surface area contributed by atoms with E-state index in [2.05, 4.69) is 30.3 Å². The molecule has 0 spiro atoms. The van der Waals surface area contributed by atoms with Crippen molar-refractivity contribution in [2.24, 2.45) is 0 Å². The van der Waals surface area contributed by atoms with Gasteiger partial charge in [-0.1, -0.05) is 41.9 Å². The van der Waals surface area contributed by atoms with E-state index in [9.17, 15) is 4.79 Å². The molecular weight excluding hydrogens is 334 g/mol. The van der Waals surface area contributed by atoms with Gasteiger partial charge < -0.3 is 10.5 Å². The van der Waals surface area contributed by atoms with Gasteiger partial charge in [0.05, 0.1) is 10.6 Å². The molecule has 1 unspecified atom stereocenters. The molecule has 126 valence electrons. The van der Waals surface area contributed by atoms with Crippen LogP contribution < -0.4 is 5.73 Å². The van der Waals surface area contributed by atoms with E-state index in [1.165, 1.54) is 16.5 Å². The largest absolute Gasteiger partial charge is 0.454 e. The van der Waals surface area contributed by atoms with Crippen molar-refractivity contribution in [3.63, 3.8) is 0 Å². The Bertz CT molecular complexity index is 986. The first-order valence-corrected chi connectivity index (χ1v) is 8.72. The maximum atomic E-state index is 12.5. The van der Waals surface area contributed by atoms with Crippen molar-refractivity contribution >= 4 is 34.0 Å². The minimum atomic E-state index is -0.444. The van der Waals surface area contributed by atoms with Crippen LogP contribution in [0.2, 0.25) is 5.02 Å². The van der Waals surface area contributed by atoms with Gasteiger partial charge in [-0.05, 0) is 59.9 Å². The minimum absolute atomic E-state index is 0.303. The lowest BCUT2D eigenvalue weighted by Gasteiger charge is -2.17. The van der Waals surface area contributed by atoms with Gasteiger partial charge in [0, 0.05) is 11.3 Å². The third-order valence-electron chi connectivity index (χ3n) is 4.85. The predicted octanol–water partition coefficient (Wildman–Crippen LogP) is 5.09. The maximum absolute atomic E-state index is 12.5. The van der Waals surface area contributed by atoms with Crippen LogP contribution in [0.4, 0.5) is 5.69 Å². The molecule has 3 aromatic carbocycles. The van der Waals surface area contributed by atoms with Gasteiger partial charge in [0.15, 0.2) is 0 Å². The van der Waals surface area contributed by atoms with Crippen molar-refractivity contribution in [3.05, 3.63) is 75.8 Å². The van der Waals surface area contributed by atoms with Crippen LogP contribution in [0.5, 0.6) is 0 Å². The van der Waals surface area contributed by atoms with Crippen molar-refractivity contribution in [2.45, 2.75) is 25.9 Å². The molecule has 0 bridgehead atoms. The van der Waals surface area contributed by atoms with E-state index in [1.807, 2.05) is 6.92 Å². The summed E-state index contributed by atoms with van der Waals surface area (Å²) in [4.78, 5) is 12.5. The Labute approximate surface area is 151 Å². The van der Waals surface area contributed by atoms with Gasteiger partial charge in [-0.3, -0.25) is 0 Å².